The molecule has 0 saturated heterocycles. The van der Waals surface area contributed by atoms with Crippen molar-refractivity contribution in [2.24, 2.45) is 0 Å². The molecule has 2 amide bonds. The lowest BCUT2D eigenvalue weighted by atomic mass is 9.96. The van der Waals surface area contributed by atoms with Crippen molar-refractivity contribution in [1.82, 2.24) is 4.90 Å². The van der Waals surface area contributed by atoms with Crippen molar-refractivity contribution in [3.8, 4) is 17.2 Å². The molecule has 0 spiro atoms. The summed E-state index contributed by atoms with van der Waals surface area (Å²) in [5.74, 6) is 1.40. The second-order valence-electron chi connectivity index (χ2n) is 7.25. The summed E-state index contributed by atoms with van der Waals surface area (Å²) >= 11 is 0. The van der Waals surface area contributed by atoms with Gasteiger partial charge in [0.1, 0.15) is 17.2 Å². The molecule has 6 nitrogen and oxygen atoms in total. The van der Waals surface area contributed by atoms with Crippen LogP contribution in [0.3, 0.4) is 0 Å². The third-order valence-corrected chi connectivity index (χ3v) is 5.43. The predicted molar refractivity (Wildman–Crippen MR) is 121 cm³/mol. The van der Waals surface area contributed by atoms with Gasteiger partial charge in [-0.05, 0) is 53.1 Å². The molecule has 3 aromatic rings. The van der Waals surface area contributed by atoms with E-state index in [1.54, 1.807) is 69.9 Å². The highest BCUT2D eigenvalue weighted by Gasteiger charge is 2.39. The summed E-state index contributed by atoms with van der Waals surface area (Å²) in [5.41, 5.74) is 2.89. The van der Waals surface area contributed by atoms with Crippen LogP contribution in [0.1, 0.15) is 16.7 Å². The third-order valence-electron chi connectivity index (χ3n) is 5.43. The maximum atomic E-state index is 13.5. The molecule has 162 valence electrons. The SMILES string of the molecule is COc1ccc(CN2C(=O)C(c3ccc(OC)cc3)=C(c3ccc(OC)cc3)C2=O)cc1. The molecule has 0 bridgehead atoms. The minimum Gasteiger partial charge on any atom is -0.497 e. The van der Waals surface area contributed by atoms with Gasteiger partial charge in [0.15, 0.2) is 0 Å². The second-order valence-corrected chi connectivity index (χ2v) is 7.25. The molecular weight excluding hydrogens is 406 g/mol. The fourth-order valence-corrected chi connectivity index (χ4v) is 3.68. The normalized spacial score (nSPS) is 13.5. The number of ether oxygens (including phenoxy) is 3. The Labute approximate surface area is 186 Å². The fourth-order valence-electron chi connectivity index (χ4n) is 3.68. The van der Waals surface area contributed by atoms with Crippen molar-refractivity contribution in [2.75, 3.05) is 21.3 Å². The molecular formula is C26H23NO5. The Morgan fingerprint density at radius 2 is 0.906 bits per heavy atom. The van der Waals surface area contributed by atoms with Crippen LogP contribution in [0.4, 0.5) is 0 Å². The van der Waals surface area contributed by atoms with E-state index in [1.165, 1.54) is 4.90 Å². The van der Waals surface area contributed by atoms with Crippen LogP contribution in [-0.4, -0.2) is 38.0 Å². The average Bonchev–Trinajstić information content (AvgIpc) is 3.09. The minimum absolute atomic E-state index is 0.168. The van der Waals surface area contributed by atoms with Gasteiger partial charge in [0, 0.05) is 0 Å². The maximum absolute atomic E-state index is 13.5. The fraction of sp³-hybridized carbons (Fsp3) is 0.154. The number of rotatable bonds is 7. The summed E-state index contributed by atoms with van der Waals surface area (Å²) in [5, 5.41) is 0. The van der Waals surface area contributed by atoms with Crippen molar-refractivity contribution >= 4 is 23.0 Å². The number of hydrogen-bond acceptors (Lipinski definition) is 5. The first-order valence-corrected chi connectivity index (χ1v) is 10.1. The quantitative estimate of drug-likeness (QED) is 0.527. The summed E-state index contributed by atoms with van der Waals surface area (Å²) in [4.78, 5) is 28.2. The van der Waals surface area contributed by atoms with Crippen molar-refractivity contribution in [3.05, 3.63) is 89.5 Å². The largest absolute Gasteiger partial charge is 0.497 e. The van der Waals surface area contributed by atoms with Crippen molar-refractivity contribution in [2.45, 2.75) is 6.54 Å². The highest BCUT2D eigenvalue weighted by atomic mass is 16.5. The van der Waals surface area contributed by atoms with Crippen LogP contribution >= 0.6 is 0 Å². The summed E-state index contributed by atoms with van der Waals surface area (Å²) in [6, 6.07) is 21.6. The van der Waals surface area contributed by atoms with Crippen LogP contribution in [0, 0.1) is 0 Å². The summed E-state index contributed by atoms with van der Waals surface area (Å²) in [6.45, 7) is 0.168. The van der Waals surface area contributed by atoms with Crippen LogP contribution in [0.15, 0.2) is 72.8 Å². The van der Waals surface area contributed by atoms with Gasteiger partial charge in [-0.3, -0.25) is 14.5 Å². The van der Waals surface area contributed by atoms with Crippen LogP contribution < -0.4 is 14.2 Å². The first-order valence-electron chi connectivity index (χ1n) is 10.1. The van der Waals surface area contributed by atoms with Gasteiger partial charge in [-0.25, -0.2) is 0 Å². The van der Waals surface area contributed by atoms with Gasteiger partial charge in [-0.1, -0.05) is 36.4 Å². The van der Waals surface area contributed by atoms with E-state index >= 15 is 0 Å². The molecule has 3 aromatic carbocycles. The van der Waals surface area contributed by atoms with Gasteiger partial charge in [-0.15, -0.1) is 0 Å². The highest BCUT2D eigenvalue weighted by molar-refractivity contribution is 6.48. The second kappa shape index (κ2) is 8.98. The molecule has 6 heteroatoms. The maximum Gasteiger partial charge on any atom is 0.262 e. The molecule has 0 atom stereocenters. The zero-order valence-electron chi connectivity index (χ0n) is 18.1. The minimum atomic E-state index is -0.332. The average molecular weight is 429 g/mol. The molecule has 1 aliphatic rings. The lowest BCUT2D eigenvalue weighted by Crippen LogP contribution is -2.31. The van der Waals surface area contributed by atoms with Crippen LogP contribution in [0.2, 0.25) is 0 Å². The van der Waals surface area contributed by atoms with Crippen molar-refractivity contribution in [3.63, 3.8) is 0 Å². The Bertz CT molecular complexity index is 1090. The molecule has 0 aromatic heterocycles. The molecule has 0 fully saturated rings. The Morgan fingerprint density at radius 1 is 0.562 bits per heavy atom. The number of carbonyl (C=O) groups is 2. The topological polar surface area (TPSA) is 65.1 Å². The number of imide groups is 1. The molecule has 4 rings (SSSR count). The van der Waals surface area contributed by atoms with E-state index in [9.17, 15) is 9.59 Å². The number of nitrogens with zero attached hydrogens (tertiary/aromatic N) is 1. The molecule has 1 heterocycles. The van der Waals surface area contributed by atoms with Gasteiger partial charge in [0.05, 0.1) is 39.0 Å². The third kappa shape index (κ3) is 3.95. The zero-order valence-corrected chi connectivity index (χ0v) is 18.1. The van der Waals surface area contributed by atoms with Crippen molar-refractivity contribution < 1.29 is 23.8 Å². The first-order chi connectivity index (χ1) is 15.5. The number of amides is 2. The molecule has 0 radical (unpaired) electrons. The van der Waals surface area contributed by atoms with E-state index < -0.39 is 0 Å². The van der Waals surface area contributed by atoms with Crippen LogP contribution in [-0.2, 0) is 16.1 Å². The standard InChI is InChI=1S/C26H23NO5/c1-30-20-10-4-17(5-11-20)16-27-25(28)23(18-6-12-21(31-2)13-7-18)24(26(27)29)19-8-14-22(32-3)15-9-19/h4-15H,16H2,1-3H3. The van der Waals surface area contributed by atoms with E-state index in [1.807, 2.05) is 24.3 Å². The van der Waals surface area contributed by atoms with E-state index in [-0.39, 0.29) is 18.4 Å². The van der Waals surface area contributed by atoms with Crippen LogP contribution in [0.25, 0.3) is 11.1 Å². The smallest absolute Gasteiger partial charge is 0.262 e. The number of methoxy groups -OCH3 is 3. The van der Waals surface area contributed by atoms with Gasteiger partial charge >= 0.3 is 0 Å². The Kier molecular flexibility index (Phi) is 5.94. The summed E-state index contributed by atoms with van der Waals surface area (Å²) in [6.07, 6.45) is 0. The Morgan fingerprint density at radius 3 is 1.25 bits per heavy atom. The highest BCUT2D eigenvalue weighted by Crippen LogP contribution is 2.37. The van der Waals surface area contributed by atoms with Gasteiger partial charge < -0.3 is 14.2 Å². The van der Waals surface area contributed by atoms with Gasteiger partial charge in [-0.2, -0.15) is 0 Å². The molecule has 0 unspecified atom stereocenters. The lowest BCUT2D eigenvalue weighted by molar-refractivity contribution is -0.136. The van der Waals surface area contributed by atoms with E-state index in [2.05, 4.69) is 0 Å². The Balaban J connectivity index is 1.76. The molecule has 32 heavy (non-hydrogen) atoms. The van der Waals surface area contributed by atoms with E-state index in [0.29, 0.717) is 39.5 Å². The Hall–Kier alpha value is -4.06. The molecule has 0 aliphatic carbocycles. The number of hydrogen-bond donors (Lipinski definition) is 0. The van der Waals surface area contributed by atoms with E-state index in [0.717, 1.165) is 5.56 Å². The lowest BCUT2D eigenvalue weighted by Gasteiger charge is -2.16. The number of benzene rings is 3. The summed E-state index contributed by atoms with van der Waals surface area (Å²) in [7, 11) is 4.75. The van der Waals surface area contributed by atoms with E-state index in [4.69, 9.17) is 14.2 Å². The summed E-state index contributed by atoms with van der Waals surface area (Å²) < 4.78 is 15.7. The molecule has 1 aliphatic heterocycles. The monoisotopic (exact) mass is 429 g/mol. The molecule has 0 N–H and O–H groups in total. The zero-order chi connectivity index (χ0) is 22.7. The predicted octanol–water partition coefficient (Wildman–Crippen LogP) is 4.19. The number of carbonyl (C=O) groups excluding carboxylic acids is 2. The van der Waals surface area contributed by atoms with Crippen molar-refractivity contribution in [1.29, 1.82) is 0 Å². The molecule has 0 saturated carbocycles. The van der Waals surface area contributed by atoms with Gasteiger partial charge in [0.25, 0.3) is 11.8 Å². The first kappa shape index (κ1) is 21.2. The van der Waals surface area contributed by atoms with Crippen LogP contribution in [0.5, 0.6) is 17.2 Å². The van der Waals surface area contributed by atoms with Gasteiger partial charge in [0.2, 0.25) is 0 Å².